The summed E-state index contributed by atoms with van der Waals surface area (Å²) in [4.78, 5) is 0. The van der Waals surface area contributed by atoms with E-state index in [4.69, 9.17) is 9.15 Å². The normalized spacial score (nSPS) is 12.4. The maximum Gasteiger partial charge on any atom is 0.249 e. The molecule has 0 saturated heterocycles. The highest BCUT2D eigenvalue weighted by molar-refractivity contribution is 9.10. The van der Waals surface area contributed by atoms with E-state index in [1.54, 1.807) is 7.11 Å². The molecule has 6 heteroatoms. The Balaban J connectivity index is 2.37. The SMILES string of the molecule is CCC(NC)c1nnc(-c2cc(OC)ccc2Br)o1. The molecule has 1 unspecified atom stereocenters. The van der Waals surface area contributed by atoms with E-state index in [2.05, 4.69) is 38.4 Å². The van der Waals surface area contributed by atoms with Crippen molar-refractivity contribution in [1.82, 2.24) is 15.5 Å². The van der Waals surface area contributed by atoms with Crippen LogP contribution in [0.3, 0.4) is 0 Å². The van der Waals surface area contributed by atoms with Gasteiger partial charge in [0.15, 0.2) is 0 Å². The van der Waals surface area contributed by atoms with Crippen molar-refractivity contribution in [2.24, 2.45) is 0 Å². The third-order valence-corrected chi connectivity index (χ3v) is 3.59. The van der Waals surface area contributed by atoms with E-state index in [0.29, 0.717) is 11.8 Å². The Morgan fingerprint density at radius 1 is 1.42 bits per heavy atom. The molecule has 1 atom stereocenters. The number of nitrogens with zero attached hydrogens (tertiary/aromatic N) is 2. The Labute approximate surface area is 120 Å². The third kappa shape index (κ3) is 2.96. The molecule has 0 radical (unpaired) electrons. The minimum Gasteiger partial charge on any atom is -0.497 e. The first kappa shape index (κ1) is 14.0. The Morgan fingerprint density at radius 2 is 2.21 bits per heavy atom. The van der Waals surface area contributed by atoms with E-state index < -0.39 is 0 Å². The lowest BCUT2D eigenvalue weighted by molar-refractivity contribution is 0.411. The predicted molar refractivity (Wildman–Crippen MR) is 76.1 cm³/mol. The molecule has 1 aromatic heterocycles. The van der Waals surface area contributed by atoms with Crippen molar-refractivity contribution >= 4 is 15.9 Å². The Hall–Kier alpha value is -1.40. The molecule has 2 aromatic rings. The van der Waals surface area contributed by atoms with E-state index in [1.165, 1.54) is 0 Å². The molecule has 0 aliphatic carbocycles. The second-order valence-electron chi connectivity index (χ2n) is 4.04. The fraction of sp³-hybridized carbons (Fsp3) is 0.385. The standard InChI is InChI=1S/C13H16BrN3O2/c1-4-11(15-2)13-17-16-12(19-13)9-7-8(18-3)5-6-10(9)14/h5-7,11,15H,4H2,1-3H3. The van der Waals surface area contributed by atoms with Crippen LogP contribution in [0.1, 0.15) is 25.3 Å². The molecule has 5 nitrogen and oxygen atoms in total. The molecule has 0 aliphatic rings. The lowest BCUT2D eigenvalue weighted by Crippen LogP contribution is -2.15. The Kier molecular flexibility index (Phi) is 4.55. The fourth-order valence-corrected chi connectivity index (χ4v) is 2.20. The number of hydrogen-bond acceptors (Lipinski definition) is 5. The van der Waals surface area contributed by atoms with Gasteiger partial charge in [-0.05, 0) is 47.6 Å². The van der Waals surface area contributed by atoms with Gasteiger partial charge in [-0.25, -0.2) is 0 Å². The van der Waals surface area contributed by atoms with Crippen LogP contribution in [0.15, 0.2) is 27.1 Å². The van der Waals surface area contributed by atoms with Gasteiger partial charge in [0.05, 0.1) is 18.7 Å². The van der Waals surface area contributed by atoms with Gasteiger partial charge in [0.1, 0.15) is 5.75 Å². The number of hydrogen-bond donors (Lipinski definition) is 1. The number of halogens is 1. The van der Waals surface area contributed by atoms with E-state index in [-0.39, 0.29) is 6.04 Å². The molecule has 0 saturated carbocycles. The zero-order valence-corrected chi connectivity index (χ0v) is 12.7. The van der Waals surface area contributed by atoms with Gasteiger partial charge in [-0.1, -0.05) is 6.92 Å². The van der Waals surface area contributed by atoms with Gasteiger partial charge in [-0.3, -0.25) is 0 Å². The van der Waals surface area contributed by atoms with Gasteiger partial charge in [-0.15, -0.1) is 10.2 Å². The summed E-state index contributed by atoms with van der Waals surface area (Å²) in [6.07, 6.45) is 0.886. The van der Waals surface area contributed by atoms with Crippen molar-refractivity contribution in [1.29, 1.82) is 0 Å². The average molecular weight is 326 g/mol. The lowest BCUT2D eigenvalue weighted by Gasteiger charge is -2.07. The third-order valence-electron chi connectivity index (χ3n) is 2.90. The van der Waals surface area contributed by atoms with Crippen LogP contribution in [-0.4, -0.2) is 24.4 Å². The van der Waals surface area contributed by atoms with Gasteiger partial charge in [0.25, 0.3) is 0 Å². The van der Waals surface area contributed by atoms with Gasteiger partial charge >= 0.3 is 0 Å². The second kappa shape index (κ2) is 6.16. The van der Waals surface area contributed by atoms with Gasteiger partial charge < -0.3 is 14.5 Å². The molecule has 1 aromatic carbocycles. The van der Waals surface area contributed by atoms with E-state index in [9.17, 15) is 0 Å². The van der Waals surface area contributed by atoms with E-state index in [1.807, 2.05) is 25.2 Å². The number of ether oxygens (including phenoxy) is 1. The number of nitrogens with one attached hydrogen (secondary N) is 1. The largest absolute Gasteiger partial charge is 0.497 e. The molecule has 19 heavy (non-hydrogen) atoms. The van der Waals surface area contributed by atoms with Crippen LogP contribution in [-0.2, 0) is 0 Å². The molecule has 102 valence electrons. The second-order valence-corrected chi connectivity index (χ2v) is 4.90. The molecular formula is C13H16BrN3O2. The number of aromatic nitrogens is 2. The monoisotopic (exact) mass is 325 g/mol. The van der Waals surface area contributed by atoms with Crippen LogP contribution in [0.5, 0.6) is 5.75 Å². The van der Waals surface area contributed by atoms with Crippen LogP contribution in [0.4, 0.5) is 0 Å². The average Bonchev–Trinajstić information content (AvgIpc) is 2.90. The lowest BCUT2D eigenvalue weighted by atomic mass is 10.2. The van der Waals surface area contributed by atoms with Crippen LogP contribution >= 0.6 is 15.9 Å². The predicted octanol–water partition coefficient (Wildman–Crippen LogP) is 3.18. The van der Waals surface area contributed by atoms with Crippen molar-refractivity contribution in [3.8, 4) is 17.2 Å². The van der Waals surface area contributed by atoms with Crippen molar-refractivity contribution in [2.45, 2.75) is 19.4 Å². The van der Waals surface area contributed by atoms with Crippen molar-refractivity contribution < 1.29 is 9.15 Å². The minimum atomic E-state index is 0.0747. The summed E-state index contributed by atoms with van der Waals surface area (Å²) in [6, 6.07) is 5.70. The highest BCUT2D eigenvalue weighted by atomic mass is 79.9. The molecular weight excluding hydrogens is 310 g/mol. The smallest absolute Gasteiger partial charge is 0.249 e. The first-order valence-corrected chi connectivity index (χ1v) is 6.83. The van der Waals surface area contributed by atoms with Crippen LogP contribution in [0, 0.1) is 0 Å². The summed E-state index contributed by atoms with van der Waals surface area (Å²) in [5, 5.41) is 11.3. The number of rotatable bonds is 5. The zero-order chi connectivity index (χ0) is 13.8. The summed E-state index contributed by atoms with van der Waals surface area (Å²) in [5.74, 6) is 1.82. The highest BCUT2D eigenvalue weighted by Gasteiger charge is 2.17. The molecule has 2 rings (SSSR count). The van der Waals surface area contributed by atoms with Crippen LogP contribution in [0.2, 0.25) is 0 Å². The first-order chi connectivity index (χ1) is 9.19. The van der Waals surface area contributed by atoms with Crippen LogP contribution in [0.25, 0.3) is 11.5 Å². The van der Waals surface area contributed by atoms with E-state index >= 15 is 0 Å². The summed E-state index contributed by atoms with van der Waals surface area (Å²) < 4.78 is 11.8. The fourth-order valence-electron chi connectivity index (χ4n) is 1.78. The molecule has 1 heterocycles. The van der Waals surface area contributed by atoms with E-state index in [0.717, 1.165) is 22.2 Å². The molecule has 1 N–H and O–H groups in total. The van der Waals surface area contributed by atoms with Gasteiger partial charge in [0, 0.05) is 4.47 Å². The summed E-state index contributed by atoms with van der Waals surface area (Å²) in [7, 11) is 3.50. The molecule has 0 bridgehead atoms. The molecule has 0 spiro atoms. The summed E-state index contributed by atoms with van der Waals surface area (Å²) >= 11 is 3.48. The van der Waals surface area contributed by atoms with Crippen molar-refractivity contribution in [2.75, 3.05) is 14.2 Å². The number of methoxy groups -OCH3 is 1. The Bertz CT molecular complexity index is 553. The summed E-state index contributed by atoms with van der Waals surface area (Å²) in [5.41, 5.74) is 0.823. The molecule has 0 fully saturated rings. The summed E-state index contributed by atoms with van der Waals surface area (Å²) in [6.45, 7) is 2.06. The maximum atomic E-state index is 5.72. The maximum absolute atomic E-state index is 5.72. The molecule has 0 aliphatic heterocycles. The Morgan fingerprint density at radius 3 is 2.84 bits per heavy atom. The zero-order valence-electron chi connectivity index (χ0n) is 11.1. The number of benzene rings is 1. The minimum absolute atomic E-state index is 0.0747. The van der Waals surface area contributed by atoms with Crippen LogP contribution < -0.4 is 10.1 Å². The molecule has 0 amide bonds. The van der Waals surface area contributed by atoms with Gasteiger partial charge in [-0.2, -0.15) is 0 Å². The van der Waals surface area contributed by atoms with Crippen molar-refractivity contribution in [3.63, 3.8) is 0 Å². The first-order valence-electron chi connectivity index (χ1n) is 6.04. The van der Waals surface area contributed by atoms with Crippen molar-refractivity contribution in [3.05, 3.63) is 28.6 Å². The topological polar surface area (TPSA) is 60.2 Å². The van der Waals surface area contributed by atoms with Gasteiger partial charge in [0.2, 0.25) is 11.8 Å². The highest BCUT2D eigenvalue weighted by Crippen LogP contribution is 2.31. The quantitative estimate of drug-likeness (QED) is 0.914.